The monoisotopic (exact) mass is 283 g/mol. The number of pyridine rings is 1. The van der Waals surface area contributed by atoms with Crippen LogP contribution in [-0.2, 0) is 6.42 Å². The summed E-state index contributed by atoms with van der Waals surface area (Å²) in [4.78, 5) is 12.6. The standard InChI is InChI=1S/C16H21N5/c1-2-14(11-17-6-1)4-3-13-5-7-19-15(10-13)21-16-12-18-8-9-20-16/h5,7-10,12,14,17H,1-4,6,11H2,(H,19,20,21)/t14-/m0/s1. The zero-order valence-electron chi connectivity index (χ0n) is 12.1. The van der Waals surface area contributed by atoms with Gasteiger partial charge in [-0.05, 0) is 62.4 Å². The number of nitrogens with zero attached hydrogens (tertiary/aromatic N) is 3. The summed E-state index contributed by atoms with van der Waals surface area (Å²) in [5.41, 5.74) is 1.32. The Labute approximate surface area is 125 Å². The van der Waals surface area contributed by atoms with Crippen LogP contribution in [0.3, 0.4) is 0 Å². The van der Waals surface area contributed by atoms with Crippen LogP contribution in [0.1, 0.15) is 24.8 Å². The van der Waals surface area contributed by atoms with Crippen LogP contribution in [0.4, 0.5) is 11.6 Å². The third kappa shape index (κ3) is 4.23. The van der Waals surface area contributed by atoms with Gasteiger partial charge in [-0.25, -0.2) is 9.97 Å². The zero-order chi connectivity index (χ0) is 14.3. The molecule has 1 aliphatic rings. The molecule has 110 valence electrons. The molecule has 2 aromatic heterocycles. The summed E-state index contributed by atoms with van der Waals surface area (Å²) in [6, 6.07) is 4.20. The molecule has 21 heavy (non-hydrogen) atoms. The summed E-state index contributed by atoms with van der Waals surface area (Å²) in [6.07, 6.45) is 11.9. The fraction of sp³-hybridized carbons (Fsp3) is 0.438. The van der Waals surface area contributed by atoms with E-state index in [-0.39, 0.29) is 0 Å². The first-order valence-corrected chi connectivity index (χ1v) is 7.59. The van der Waals surface area contributed by atoms with Crippen molar-refractivity contribution in [2.75, 3.05) is 18.4 Å². The minimum atomic E-state index is 0.721. The molecule has 0 unspecified atom stereocenters. The number of hydrogen-bond donors (Lipinski definition) is 2. The van der Waals surface area contributed by atoms with E-state index in [1.165, 1.54) is 31.4 Å². The minimum Gasteiger partial charge on any atom is -0.324 e. The van der Waals surface area contributed by atoms with Crippen LogP contribution in [0.15, 0.2) is 36.9 Å². The van der Waals surface area contributed by atoms with Crippen molar-refractivity contribution >= 4 is 11.6 Å². The van der Waals surface area contributed by atoms with Crippen LogP contribution < -0.4 is 10.6 Å². The van der Waals surface area contributed by atoms with Crippen LogP contribution in [0.5, 0.6) is 0 Å². The number of aromatic nitrogens is 3. The Morgan fingerprint density at radius 3 is 2.95 bits per heavy atom. The number of rotatable bonds is 5. The third-order valence-electron chi connectivity index (χ3n) is 3.88. The van der Waals surface area contributed by atoms with Crippen molar-refractivity contribution in [3.63, 3.8) is 0 Å². The Morgan fingerprint density at radius 2 is 2.14 bits per heavy atom. The van der Waals surface area contributed by atoms with E-state index in [1.807, 2.05) is 6.20 Å². The summed E-state index contributed by atoms with van der Waals surface area (Å²) in [6.45, 7) is 2.34. The smallest absolute Gasteiger partial charge is 0.150 e. The van der Waals surface area contributed by atoms with Crippen LogP contribution in [0.2, 0.25) is 0 Å². The van der Waals surface area contributed by atoms with Gasteiger partial charge in [0, 0.05) is 18.6 Å². The highest BCUT2D eigenvalue weighted by Gasteiger charge is 2.12. The summed E-state index contributed by atoms with van der Waals surface area (Å²) in [7, 11) is 0. The Hall–Kier alpha value is -2.01. The largest absolute Gasteiger partial charge is 0.324 e. The van der Waals surface area contributed by atoms with Gasteiger partial charge in [0.2, 0.25) is 0 Å². The van der Waals surface area contributed by atoms with Gasteiger partial charge in [0.05, 0.1) is 6.20 Å². The molecule has 2 aromatic rings. The number of aryl methyl sites for hydroxylation is 1. The molecule has 5 heteroatoms. The van der Waals surface area contributed by atoms with E-state index in [9.17, 15) is 0 Å². The number of piperidine rings is 1. The molecule has 0 radical (unpaired) electrons. The molecule has 1 aliphatic heterocycles. The van der Waals surface area contributed by atoms with Crippen molar-refractivity contribution < 1.29 is 0 Å². The predicted octanol–water partition coefficient (Wildman–Crippen LogP) is 2.55. The highest BCUT2D eigenvalue weighted by atomic mass is 15.1. The maximum absolute atomic E-state index is 4.34. The van der Waals surface area contributed by atoms with Gasteiger partial charge in [0.15, 0.2) is 0 Å². The van der Waals surface area contributed by atoms with E-state index in [2.05, 4.69) is 37.7 Å². The maximum atomic E-state index is 4.34. The van der Waals surface area contributed by atoms with Crippen molar-refractivity contribution in [1.29, 1.82) is 0 Å². The second-order valence-corrected chi connectivity index (χ2v) is 5.52. The molecule has 1 fully saturated rings. The maximum Gasteiger partial charge on any atom is 0.150 e. The quantitative estimate of drug-likeness (QED) is 0.883. The molecule has 3 heterocycles. The fourth-order valence-corrected chi connectivity index (χ4v) is 2.73. The van der Waals surface area contributed by atoms with Gasteiger partial charge < -0.3 is 10.6 Å². The second-order valence-electron chi connectivity index (χ2n) is 5.52. The topological polar surface area (TPSA) is 62.7 Å². The number of nitrogens with one attached hydrogen (secondary N) is 2. The zero-order valence-corrected chi connectivity index (χ0v) is 12.1. The van der Waals surface area contributed by atoms with E-state index in [0.29, 0.717) is 0 Å². The average molecular weight is 283 g/mol. The predicted molar refractivity (Wildman–Crippen MR) is 83.5 cm³/mol. The van der Waals surface area contributed by atoms with Gasteiger partial charge in [0.25, 0.3) is 0 Å². The van der Waals surface area contributed by atoms with E-state index >= 15 is 0 Å². The summed E-state index contributed by atoms with van der Waals surface area (Å²) in [5, 5.41) is 6.66. The Morgan fingerprint density at radius 1 is 1.19 bits per heavy atom. The highest BCUT2D eigenvalue weighted by Crippen LogP contribution is 2.19. The first-order chi connectivity index (χ1) is 10.4. The summed E-state index contributed by atoms with van der Waals surface area (Å²) < 4.78 is 0. The lowest BCUT2D eigenvalue weighted by Crippen LogP contribution is -2.29. The van der Waals surface area contributed by atoms with E-state index in [0.717, 1.165) is 30.5 Å². The molecule has 0 amide bonds. The second kappa shape index (κ2) is 7.13. The molecule has 0 aromatic carbocycles. The molecular formula is C16H21N5. The lowest BCUT2D eigenvalue weighted by molar-refractivity contribution is 0.358. The van der Waals surface area contributed by atoms with Gasteiger partial charge in [-0.3, -0.25) is 4.98 Å². The molecule has 1 atom stereocenters. The van der Waals surface area contributed by atoms with E-state index in [4.69, 9.17) is 0 Å². The number of anilines is 2. The average Bonchev–Trinajstić information content (AvgIpc) is 2.55. The summed E-state index contributed by atoms with van der Waals surface area (Å²) >= 11 is 0. The molecule has 0 bridgehead atoms. The summed E-state index contributed by atoms with van der Waals surface area (Å²) in [5.74, 6) is 2.36. The molecule has 5 nitrogen and oxygen atoms in total. The lowest BCUT2D eigenvalue weighted by atomic mass is 9.93. The SMILES string of the molecule is c1cnc(Nc2cc(CC[C@@H]3CCCNC3)ccn2)cn1. The molecule has 1 saturated heterocycles. The van der Waals surface area contributed by atoms with E-state index in [1.54, 1.807) is 18.6 Å². The molecule has 0 saturated carbocycles. The van der Waals surface area contributed by atoms with Crippen molar-refractivity contribution in [3.05, 3.63) is 42.5 Å². The van der Waals surface area contributed by atoms with Crippen molar-refractivity contribution in [3.8, 4) is 0 Å². The molecule has 3 rings (SSSR count). The molecule has 0 spiro atoms. The normalized spacial score (nSPS) is 18.4. The number of hydrogen-bond acceptors (Lipinski definition) is 5. The van der Waals surface area contributed by atoms with Crippen LogP contribution in [0.25, 0.3) is 0 Å². The first kappa shape index (κ1) is 13.9. The molecular weight excluding hydrogens is 262 g/mol. The van der Waals surface area contributed by atoms with Gasteiger partial charge in [-0.2, -0.15) is 0 Å². The van der Waals surface area contributed by atoms with Crippen LogP contribution in [-0.4, -0.2) is 28.0 Å². The Balaban J connectivity index is 1.57. The van der Waals surface area contributed by atoms with Crippen LogP contribution >= 0.6 is 0 Å². The van der Waals surface area contributed by atoms with Gasteiger partial charge in [-0.15, -0.1) is 0 Å². The van der Waals surface area contributed by atoms with Crippen molar-refractivity contribution in [2.24, 2.45) is 5.92 Å². The third-order valence-corrected chi connectivity index (χ3v) is 3.88. The molecule has 0 aliphatic carbocycles. The molecule has 2 N–H and O–H groups in total. The van der Waals surface area contributed by atoms with Crippen molar-refractivity contribution in [2.45, 2.75) is 25.7 Å². The first-order valence-electron chi connectivity index (χ1n) is 7.59. The fourth-order valence-electron chi connectivity index (χ4n) is 2.73. The van der Waals surface area contributed by atoms with Gasteiger partial charge >= 0.3 is 0 Å². The highest BCUT2D eigenvalue weighted by molar-refractivity contribution is 5.50. The lowest BCUT2D eigenvalue weighted by Gasteiger charge is -2.22. The van der Waals surface area contributed by atoms with Crippen LogP contribution in [0, 0.1) is 5.92 Å². The van der Waals surface area contributed by atoms with Gasteiger partial charge in [-0.1, -0.05) is 0 Å². The van der Waals surface area contributed by atoms with Gasteiger partial charge in [0.1, 0.15) is 11.6 Å². The minimum absolute atomic E-state index is 0.721. The van der Waals surface area contributed by atoms with Crippen molar-refractivity contribution in [1.82, 2.24) is 20.3 Å². The Bertz CT molecular complexity index is 552. The van der Waals surface area contributed by atoms with E-state index < -0.39 is 0 Å². The Kier molecular flexibility index (Phi) is 4.74.